The molecule has 1 fully saturated rings. The van der Waals surface area contributed by atoms with Crippen molar-refractivity contribution in [3.63, 3.8) is 0 Å². The molecule has 0 saturated carbocycles. The lowest BCUT2D eigenvalue weighted by Gasteiger charge is -2.20. The summed E-state index contributed by atoms with van der Waals surface area (Å²) in [5.74, 6) is -0.101. The van der Waals surface area contributed by atoms with Crippen molar-refractivity contribution in [1.82, 2.24) is 5.32 Å². The fourth-order valence-corrected chi connectivity index (χ4v) is 2.20. The van der Waals surface area contributed by atoms with Crippen LogP contribution in [0.2, 0.25) is 5.02 Å². The summed E-state index contributed by atoms with van der Waals surface area (Å²) in [6.07, 6.45) is 2.22. The molecule has 4 heteroatoms. The summed E-state index contributed by atoms with van der Waals surface area (Å²) in [5, 5.41) is 3.51. The second-order valence-corrected chi connectivity index (χ2v) is 4.76. The van der Waals surface area contributed by atoms with Gasteiger partial charge in [0.15, 0.2) is 0 Å². The van der Waals surface area contributed by atoms with Crippen molar-refractivity contribution < 1.29 is 9.53 Å². The van der Waals surface area contributed by atoms with Crippen molar-refractivity contribution in [2.75, 3.05) is 6.61 Å². The first-order valence-corrected chi connectivity index (χ1v) is 6.22. The topological polar surface area (TPSA) is 38.3 Å². The van der Waals surface area contributed by atoms with Crippen molar-refractivity contribution in [2.45, 2.75) is 31.9 Å². The van der Waals surface area contributed by atoms with E-state index in [1.54, 1.807) is 24.3 Å². The van der Waals surface area contributed by atoms with E-state index in [-0.39, 0.29) is 18.1 Å². The van der Waals surface area contributed by atoms with E-state index < -0.39 is 0 Å². The molecule has 3 nitrogen and oxygen atoms in total. The van der Waals surface area contributed by atoms with Crippen LogP contribution in [0, 0.1) is 0 Å². The van der Waals surface area contributed by atoms with Gasteiger partial charge in [0, 0.05) is 17.2 Å². The Morgan fingerprint density at radius 1 is 1.59 bits per heavy atom. The minimum atomic E-state index is -0.101. The van der Waals surface area contributed by atoms with E-state index in [1.807, 2.05) is 6.92 Å². The zero-order chi connectivity index (χ0) is 12.3. The molecule has 0 aromatic heterocycles. The van der Waals surface area contributed by atoms with Gasteiger partial charge in [0.25, 0.3) is 5.91 Å². The van der Waals surface area contributed by atoms with Crippen LogP contribution in [0.4, 0.5) is 0 Å². The lowest BCUT2D eigenvalue weighted by atomic mass is 10.1. The van der Waals surface area contributed by atoms with Crippen molar-refractivity contribution in [1.29, 1.82) is 0 Å². The average molecular weight is 254 g/mol. The van der Waals surface area contributed by atoms with Gasteiger partial charge in [0.05, 0.1) is 12.1 Å². The number of halogens is 1. The van der Waals surface area contributed by atoms with Crippen LogP contribution in [-0.2, 0) is 4.74 Å². The maximum absolute atomic E-state index is 11.9. The second kappa shape index (κ2) is 5.52. The Balaban J connectivity index is 1.96. The number of amides is 1. The number of carbonyl (C=O) groups is 1. The second-order valence-electron chi connectivity index (χ2n) is 4.32. The molecule has 1 aromatic carbocycles. The van der Waals surface area contributed by atoms with E-state index in [4.69, 9.17) is 16.3 Å². The molecule has 2 atom stereocenters. The van der Waals surface area contributed by atoms with Gasteiger partial charge in [-0.15, -0.1) is 0 Å². The first kappa shape index (κ1) is 12.4. The van der Waals surface area contributed by atoms with Crippen LogP contribution in [0.25, 0.3) is 0 Å². The highest BCUT2D eigenvalue weighted by molar-refractivity contribution is 6.30. The van der Waals surface area contributed by atoms with Gasteiger partial charge >= 0.3 is 0 Å². The van der Waals surface area contributed by atoms with E-state index in [2.05, 4.69) is 5.32 Å². The van der Waals surface area contributed by atoms with Gasteiger partial charge in [-0.1, -0.05) is 17.7 Å². The Morgan fingerprint density at radius 3 is 3.06 bits per heavy atom. The molecule has 2 rings (SSSR count). The minimum Gasteiger partial charge on any atom is -0.376 e. The number of hydrogen-bond donors (Lipinski definition) is 1. The molecular weight excluding hydrogens is 238 g/mol. The normalized spacial score (nSPS) is 21.2. The number of rotatable bonds is 3. The molecule has 1 aliphatic heterocycles. The third-order valence-electron chi connectivity index (χ3n) is 2.97. The number of ether oxygens (including phenoxy) is 1. The molecule has 92 valence electrons. The molecule has 1 saturated heterocycles. The van der Waals surface area contributed by atoms with Crippen LogP contribution >= 0.6 is 11.6 Å². The maximum Gasteiger partial charge on any atom is 0.251 e. The third-order valence-corrected chi connectivity index (χ3v) is 3.20. The van der Waals surface area contributed by atoms with E-state index in [0.717, 1.165) is 19.4 Å². The van der Waals surface area contributed by atoms with Gasteiger partial charge in [0.2, 0.25) is 0 Å². The third kappa shape index (κ3) is 3.20. The fraction of sp³-hybridized carbons (Fsp3) is 0.462. The molecule has 0 aliphatic carbocycles. The molecule has 1 N–H and O–H groups in total. The number of carbonyl (C=O) groups excluding carboxylic acids is 1. The van der Waals surface area contributed by atoms with Gasteiger partial charge in [0.1, 0.15) is 0 Å². The Labute approximate surface area is 106 Å². The zero-order valence-electron chi connectivity index (χ0n) is 9.78. The summed E-state index contributed by atoms with van der Waals surface area (Å²) in [5.41, 5.74) is 0.586. The summed E-state index contributed by atoms with van der Waals surface area (Å²) in [6, 6.07) is 6.97. The van der Waals surface area contributed by atoms with Crippen LogP contribution in [0.5, 0.6) is 0 Å². The summed E-state index contributed by atoms with van der Waals surface area (Å²) >= 11 is 5.85. The molecule has 1 aliphatic rings. The van der Waals surface area contributed by atoms with Crippen LogP contribution < -0.4 is 5.32 Å². The van der Waals surface area contributed by atoms with Crippen molar-refractivity contribution >= 4 is 17.5 Å². The summed E-state index contributed by atoms with van der Waals surface area (Å²) in [6.45, 7) is 2.76. The molecule has 0 radical (unpaired) electrons. The highest BCUT2D eigenvalue weighted by Gasteiger charge is 2.23. The number of nitrogens with one attached hydrogen (secondary N) is 1. The van der Waals surface area contributed by atoms with Crippen molar-refractivity contribution in [3.8, 4) is 0 Å². The van der Waals surface area contributed by atoms with E-state index in [1.165, 1.54) is 0 Å². The number of benzene rings is 1. The van der Waals surface area contributed by atoms with Gasteiger partial charge in [-0.2, -0.15) is 0 Å². The van der Waals surface area contributed by atoms with Crippen LogP contribution in [0.3, 0.4) is 0 Å². The lowest BCUT2D eigenvalue weighted by Crippen LogP contribution is -2.40. The molecule has 0 bridgehead atoms. The molecular formula is C13H16ClNO2. The first-order valence-electron chi connectivity index (χ1n) is 5.85. The predicted molar refractivity (Wildman–Crippen MR) is 67.4 cm³/mol. The summed E-state index contributed by atoms with van der Waals surface area (Å²) in [4.78, 5) is 11.9. The van der Waals surface area contributed by atoms with Gasteiger partial charge in [-0.25, -0.2) is 0 Å². The average Bonchev–Trinajstić information content (AvgIpc) is 2.82. The van der Waals surface area contributed by atoms with E-state index in [0.29, 0.717) is 10.6 Å². The van der Waals surface area contributed by atoms with Crippen molar-refractivity contribution in [2.24, 2.45) is 0 Å². The fourth-order valence-electron chi connectivity index (χ4n) is 2.01. The van der Waals surface area contributed by atoms with E-state index in [9.17, 15) is 4.79 Å². The Morgan fingerprint density at radius 2 is 2.41 bits per heavy atom. The SMILES string of the molecule is C[C@@H](NC(=O)c1cccc(Cl)c1)[C@H]1CCCO1. The molecule has 1 amide bonds. The van der Waals surface area contributed by atoms with Crippen LogP contribution in [0.15, 0.2) is 24.3 Å². The maximum atomic E-state index is 11.9. The quantitative estimate of drug-likeness (QED) is 0.899. The largest absolute Gasteiger partial charge is 0.376 e. The molecule has 0 spiro atoms. The van der Waals surface area contributed by atoms with Crippen molar-refractivity contribution in [3.05, 3.63) is 34.9 Å². The smallest absolute Gasteiger partial charge is 0.251 e. The minimum absolute atomic E-state index is 0.0315. The van der Waals surface area contributed by atoms with Crippen LogP contribution in [-0.4, -0.2) is 24.7 Å². The van der Waals surface area contributed by atoms with Crippen LogP contribution in [0.1, 0.15) is 30.1 Å². The Bertz CT molecular complexity index is 402. The van der Waals surface area contributed by atoms with Gasteiger partial charge < -0.3 is 10.1 Å². The highest BCUT2D eigenvalue weighted by Crippen LogP contribution is 2.16. The monoisotopic (exact) mass is 253 g/mol. The Kier molecular flexibility index (Phi) is 4.02. The zero-order valence-corrected chi connectivity index (χ0v) is 10.5. The standard InChI is InChI=1S/C13H16ClNO2/c1-9(12-6-3-7-17-12)15-13(16)10-4-2-5-11(14)8-10/h2,4-5,8-9,12H,3,6-7H2,1H3,(H,15,16)/t9-,12-/m1/s1. The van der Waals surface area contributed by atoms with Gasteiger partial charge in [-0.3, -0.25) is 4.79 Å². The lowest BCUT2D eigenvalue weighted by molar-refractivity contribution is 0.0712. The Hall–Kier alpha value is -1.06. The number of hydrogen-bond acceptors (Lipinski definition) is 2. The molecule has 0 unspecified atom stereocenters. The molecule has 1 aromatic rings. The summed E-state index contributed by atoms with van der Waals surface area (Å²) < 4.78 is 5.53. The highest BCUT2D eigenvalue weighted by atomic mass is 35.5. The predicted octanol–water partition coefficient (Wildman–Crippen LogP) is 2.64. The first-order chi connectivity index (χ1) is 8.16. The molecule has 1 heterocycles. The van der Waals surface area contributed by atoms with Gasteiger partial charge in [-0.05, 0) is 38.0 Å². The molecule has 17 heavy (non-hydrogen) atoms. The summed E-state index contributed by atoms with van der Waals surface area (Å²) in [7, 11) is 0. The van der Waals surface area contributed by atoms with E-state index >= 15 is 0 Å².